The lowest BCUT2D eigenvalue weighted by atomic mass is 9.81. The van der Waals surface area contributed by atoms with Crippen molar-refractivity contribution in [1.82, 2.24) is 30.6 Å². The van der Waals surface area contributed by atoms with Gasteiger partial charge in [-0.2, -0.15) is 5.21 Å². The van der Waals surface area contributed by atoms with Crippen LogP contribution in [0.25, 0.3) is 22.5 Å². The lowest BCUT2D eigenvalue weighted by molar-refractivity contribution is 0.436. The number of nitrogens with one attached hydrogen (secondary N) is 1. The number of aryl methyl sites for hydroxylation is 2. The maximum atomic E-state index is 5.32. The van der Waals surface area contributed by atoms with Crippen LogP contribution in [0.2, 0.25) is 0 Å². The van der Waals surface area contributed by atoms with Crippen LogP contribution in [-0.2, 0) is 12.8 Å². The molecule has 0 unspecified atom stereocenters. The van der Waals surface area contributed by atoms with E-state index in [2.05, 4.69) is 44.7 Å². The third-order valence-corrected chi connectivity index (χ3v) is 6.50. The summed E-state index contributed by atoms with van der Waals surface area (Å²) in [6.07, 6.45) is 14.0. The summed E-state index contributed by atoms with van der Waals surface area (Å²) >= 11 is 0. The maximum Gasteiger partial charge on any atom is 0.207 e. The van der Waals surface area contributed by atoms with Gasteiger partial charge in [0.2, 0.25) is 5.82 Å². The van der Waals surface area contributed by atoms with E-state index in [0.29, 0.717) is 11.7 Å². The lowest BCUT2D eigenvalue weighted by Gasteiger charge is -2.26. The van der Waals surface area contributed by atoms with Crippen LogP contribution in [-0.4, -0.2) is 30.6 Å². The van der Waals surface area contributed by atoms with Crippen LogP contribution in [0.3, 0.4) is 0 Å². The van der Waals surface area contributed by atoms with Gasteiger partial charge in [-0.15, -0.1) is 10.2 Å². The van der Waals surface area contributed by atoms with Gasteiger partial charge in [0.15, 0.2) is 0 Å². The van der Waals surface area contributed by atoms with Gasteiger partial charge in [-0.05, 0) is 79.5 Å². The first-order valence-corrected chi connectivity index (χ1v) is 11.0. The van der Waals surface area contributed by atoms with Crippen molar-refractivity contribution < 1.29 is 0 Å². The Labute approximate surface area is 171 Å². The minimum atomic E-state index is 0.479. The molecule has 1 N–H and O–H groups in total. The van der Waals surface area contributed by atoms with Gasteiger partial charge in [-0.3, -0.25) is 9.97 Å². The molecular weight excluding hydrogens is 360 g/mol. The van der Waals surface area contributed by atoms with Crippen molar-refractivity contribution >= 4 is 0 Å². The summed E-state index contributed by atoms with van der Waals surface area (Å²) in [7, 11) is 0. The van der Waals surface area contributed by atoms with E-state index in [0.717, 1.165) is 24.1 Å². The van der Waals surface area contributed by atoms with Crippen molar-refractivity contribution in [3.05, 3.63) is 41.0 Å². The van der Waals surface area contributed by atoms with E-state index in [9.17, 15) is 0 Å². The second-order valence-electron chi connectivity index (χ2n) is 8.49. The Kier molecular flexibility index (Phi) is 5.08. The summed E-state index contributed by atoms with van der Waals surface area (Å²) in [5.74, 6) is 1.15. The number of hydrogen-bond acceptors (Lipinski definition) is 5. The van der Waals surface area contributed by atoms with Gasteiger partial charge in [0.25, 0.3) is 0 Å². The topological polar surface area (TPSA) is 80.2 Å². The van der Waals surface area contributed by atoms with E-state index in [4.69, 9.17) is 4.98 Å². The molecule has 2 aliphatic rings. The van der Waals surface area contributed by atoms with Crippen LogP contribution in [0.1, 0.15) is 79.9 Å². The second kappa shape index (κ2) is 8.01. The van der Waals surface area contributed by atoms with Crippen LogP contribution in [0.15, 0.2) is 18.3 Å². The molecule has 5 rings (SSSR count). The molecule has 1 saturated carbocycles. The van der Waals surface area contributed by atoms with E-state index in [1.54, 1.807) is 0 Å². The quantitative estimate of drug-likeness (QED) is 0.642. The number of tetrazole rings is 1. The van der Waals surface area contributed by atoms with Crippen LogP contribution in [0.5, 0.6) is 0 Å². The van der Waals surface area contributed by atoms with Crippen molar-refractivity contribution in [3.8, 4) is 22.5 Å². The Balaban J connectivity index is 1.81. The summed E-state index contributed by atoms with van der Waals surface area (Å²) in [4.78, 5) is 9.76. The molecule has 3 aromatic rings. The second-order valence-corrected chi connectivity index (χ2v) is 8.49. The summed E-state index contributed by atoms with van der Waals surface area (Å²) in [6.45, 7) is 2.05. The molecule has 0 saturated heterocycles. The molecule has 0 spiro atoms. The van der Waals surface area contributed by atoms with Crippen molar-refractivity contribution in [2.45, 2.75) is 77.0 Å². The zero-order valence-corrected chi connectivity index (χ0v) is 17.1. The molecule has 6 heteroatoms. The summed E-state index contributed by atoms with van der Waals surface area (Å²) < 4.78 is 0. The van der Waals surface area contributed by atoms with Crippen molar-refractivity contribution in [3.63, 3.8) is 0 Å². The highest BCUT2D eigenvalue weighted by Crippen LogP contribution is 2.44. The molecule has 3 aromatic heterocycles. The molecule has 0 radical (unpaired) electrons. The molecule has 0 aromatic carbocycles. The molecule has 29 heavy (non-hydrogen) atoms. The SMILES string of the molecule is Cc1cc(-c2c3c(nc(C4CCCCC4)c2-c2nn[nH]n2)CCCCC3)ccn1. The highest BCUT2D eigenvalue weighted by Gasteiger charge is 2.29. The summed E-state index contributed by atoms with van der Waals surface area (Å²) in [6, 6.07) is 4.32. The van der Waals surface area contributed by atoms with E-state index in [1.165, 1.54) is 79.4 Å². The highest BCUT2D eigenvalue weighted by atomic mass is 15.5. The van der Waals surface area contributed by atoms with Gasteiger partial charge in [-0.25, -0.2) is 0 Å². The standard InChI is InChI=1S/C23H28N6/c1-15-14-17(12-13-24-15)20-18-10-6-3-7-11-19(18)25-22(16-8-4-2-5-9-16)21(20)23-26-28-29-27-23/h12-14,16H,2-11H2,1H3,(H,26,27,28,29). The smallest absolute Gasteiger partial charge is 0.207 e. The number of nitrogens with zero attached hydrogens (tertiary/aromatic N) is 5. The zero-order valence-electron chi connectivity index (χ0n) is 17.1. The minimum absolute atomic E-state index is 0.479. The van der Waals surface area contributed by atoms with Crippen LogP contribution in [0.4, 0.5) is 0 Å². The van der Waals surface area contributed by atoms with Gasteiger partial charge in [-0.1, -0.05) is 25.7 Å². The zero-order chi connectivity index (χ0) is 19.6. The Morgan fingerprint density at radius 2 is 1.79 bits per heavy atom. The number of rotatable bonds is 3. The van der Waals surface area contributed by atoms with E-state index in [-0.39, 0.29) is 0 Å². The van der Waals surface area contributed by atoms with Gasteiger partial charge in [0, 0.05) is 23.5 Å². The molecule has 0 atom stereocenters. The molecule has 0 amide bonds. The average molecular weight is 389 g/mol. The van der Waals surface area contributed by atoms with Crippen molar-refractivity contribution in [2.75, 3.05) is 0 Å². The maximum absolute atomic E-state index is 5.32. The highest BCUT2D eigenvalue weighted by molar-refractivity contribution is 5.85. The molecule has 150 valence electrons. The molecule has 2 aliphatic carbocycles. The number of aromatic amines is 1. The van der Waals surface area contributed by atoms with E-state index in [1.807, 2.05) is 6.20 Å². The molecule has 6 nitrogen and oxygen atoms in total. The minimum Gasteiger partial charge on any atom is -0.262 e. The summed E-state index contributed by atoms with van der Waals surface area (Å²) in [5, 5.41) is 15.4. The Hall–Kier alpha value is -2.63. The van der Waals surface area contributed by atoms with E-state index < -0.39 is 0 Å². The first-order chi connectivity index (χ1) is 14.3. The predicted octanol–water partition coefficient (Wildman–Crippen LogP) is 4.95. The van der Waals surface area contributed by atoms with Crippen LogP contribution >= 0.6 is 0 Å². The Bertz CT molecular complexity index is 989. The number of pyridine rings is 2. The Morgan fingerprint density at radius 3 is 2.59 bits per heavy atom. The monoisotopic (exact) mass is 388 g/mol. The fourth-order valence-corrected chi connectivity index (χ4v) is 5.12. The molecule has 0 bridgehead atoms. The predicted molar refractivity (Wildman–Crippen MR) is 112 cm³/mol. The van der Waals surface area contributed by atoms with Gasteiger partial charge in [0.05, 0.1) is 11.3 Å². The largest absolute Gasteiger partial charge is 0.262 e. The molecular formula is C23H28N6. The summed E-state index contributed by atoms with van der Waals surface area (Å²) in [5.41, 5.74) is 8.46. The average Bonchev–Trinajstić information content (AvgIpc) is 3.18. The molecule has 3 heterocycles. The van der Waals surface area contributed by atoms with Gasteiger partial charge < -0.3 is 0 Å². The number of aromatic nitrogens is 6. The normalized spacial score (nSPS) is 17.7. The fraction of sp³-hybridized carbons (Fsp3) is 0.522. The van der Waals surface area contributed by atoms with E-state index >= 15 is 0 Å². The Morgan fingerprint density at radius 1 is 0.966 bits per heavy atom. The number of hydrogen-bond donors (Lipinski definition) is 1. The first-order valence-electron chi connectivity index (χ1n) is 11.0. The van der Waals surface area contributed by atoms with Crippen molar-refractivity contribution in [2.24, 2.45) is 0 Å². The number of H-pyrrole nitrogens is 1. The van der Waals surface area contributed by atoms with Crippen LogP contribution in [0, 0.1) is 6.92 Å². The molecule has 1 fully saturated rings. The lowest BCUT2D eigenvalue weighted by Crippen LogP contribution is -2.13. The van der Waals surface area contributed by atoms with Gasteiger partial charge in [0.1, 0.15) is 0 Å². The van der Waals surface area contributed by atoms with Gasteiger partial charge >= 0.3 is 0 Å². The van der Waals surface area contributed by atoms with Crippen molar-refractivity contribution in [1.29, 1.82) is 0 Å². The fourth-order valence-electron chi connectivity index (χ4n) is 5.12. The van der Waals surface area contributed by atoms with Crippen LogP contribution < -0.4 is 0 Å². The third kappa shape index (κ3) is 3.56. The number of fused-ring (bicyclic) bond motifs is 1. The first kappa shape index (κ1) is 18.4. The third-order valence-electron chi connectivity index (χ3n) is 6.50. The molecule has 0 aliphatic heterocycles.